The summed E-state index contributed by atoms with van der Waals surface area (Å²) in [5.74, 6) is 0.888. The highest BCUT2D eigenvalue weighted by molar-refractivity contribution is 9.11. The van der Waals surface area contributed by atoms with E-state index in [1.165, 1.54) is 5.56 Å². The highest BCUT2D eigenvalue weighted by atomic mass is 79.9. The number of nitrogens with two attached hydrogens (primary N) is 1. The maximum absolute atomic E-state index is 6.38. The molecule has 2 nitrogen and oxygen atoms in total. The molecule has 0 amide bonds. The Morgan fingerprint density at radius 1 is 1.37 bits per heavy atom. The van der Waals surface area contributed by atoms with E-state index in [1.54, 1.807) is 11.3 Å². The molecular weight excluding hydrogens is 322 g/mol. The van der Waals surface area contributed by atoms with Crippen LogP contribution in [0.15, 0.2) is 34.1 Å². The molecule has 2 rings (SSSR count). The Labute approximate surface area is 126 Å². The molecular formula is C15H18BrNOS. The molecule has 0 saturated heterocycles. The number of hydrogen-bond acceptors (Lipinski definition) is 3. The number of benzene rings is 1. The van der Waals surface area contributed by atoms with E-state index in [0.717, 1.165) is 33.0 Å². The summed E-state index contributed by atoms with van der Waals surface area (Å²) in [4.78, 5) is 1.15. The monoisotopic (exact) mass is 339 g/mol. The number of para-hydroxylation sites is 1. The SMILES string of the molecule is CCCOc1ccccc1C(N)c1cc(C)c(Br)s1. The topological polar surface area (TPSA) is 35.2 Å². The summed E-state index contributed by atoms with van der Waals surface area (Å²) in [6.45, 7) is 4.90. The van der Waals surface area contributed by atoms with Crippen molar-refractivity contribution in [1.82, 2.24) is 0 Å². The van der Waals surface area contributed by atoms with Crippen LogP contribution >= 0.6 is 27.3 Å². The third-order valence-electron chi connectivity index (χ3n) is 2.90. The minimum absolute atomic E-state index is 0.136. The summed E-state index contributed by atoms with van der Waals surface area (Å²) in [7, 11) is 0. The Morgan fingerprint density at radius 3 is 2.74 bits per heavy atom. The maximum atomic E-state index is 6.38. The van der Waals surface area contributed by atoms with Crippen LogP contribution in [-0.4, -0.2) is 6.61 Å². The molecule has 0 bridgehead atoms. The maximum Gasteiger partial charge on any atom is 0.124 e. The molecule has 0 aliphatic carbocycles. The van der Waals surface area contributed by atoms with Gasteiger partial charge in [0.05, 0.1) is 16.4 Å². The second-order valence-electron chi connectivity index (χ2n) is 4.47. The number of aryl methyl sites for hydroxylation is 1. The van der Waals surface area contributed by atoms with Crippen molar-refractivity contribution in [3.05, 3.63) is 50.1 Å². The number of ether oxygens (including phenoxy) is 1. The predicted octanol–water partition coefficient (Wildman–Crippen LogP) is 4.66. The van der Waals surface area contributed by atoms with Crippen LogP contribution in [0.4, 0.5) is 0 Å². The van der Waals surface area contributed by atoms with Crippen LogP contribution < -0.4 is 10.5 Å². The molecule has 0 radical (unpaired) electrons. The first-order chi connectivity index (χ1) is 9.13. The van der Waals surface area contributed by atoms with E-state index in [0.29, 0.717) is 0 Å². The first-order valence-electron chi connectivity index (χ1n) is 6.36. The predicted molar refractivity (Wildman–Crippen MR) is 85.0 cm³/mol. The van der Waals surface area contributed by atoms with E-state index >= 15 is 0 Å². The molecule has 2 N–H and O–H groups in total. The molecule has 0 fully saturated rings. The van der Waals surface area contributed by atoms with Crippen LogP contribution in [0.2, 0.25) is 0 Å². The summed E-state index contributed by atoms with van der Waals surface area (Å²) >= 11 is 5.24. The van der Waals surface area contributed by atoms with Crippen molar-refractivity contribution < 1.29 is 4.74 Å². The lowest BCUT2D eigenvalue weighted by atomic mass is 10.0. The fourth-order valence-corrected chi connectivity index (χ4v) is 3.46. The van der Waals surface area contributed by atoms with Gasteiger partial charge in [0.1, 0.15) is 5.75 Å². The van der Waals surface area contributed by atoms with Gasteiger partial charge in [0.15, 0.2) is 0 Å². The molecule has 1 heterocycles. The van der Waals surface area contributed by atoms with Gasteiger partial charge >= 0.3 is 0 Å². The van der Waals surface area contributed by atoms with Gasteiger partial charge in [-0.25, -0.2) is 0 Å². The van der Waals surface area contributed by atoms with Crippen LogP contribution in [0.1, 0.15) is 35.4 Å². The molecule has 1 unspecified atom stereocenters. The van der Waals surface area contributed by atoms with E-state index in [1.807, 2.05) is 24.3 Å². The Balaban J connectivity index is 2.30. The average Bonchev–Trinajstić information content (AvgIpc) is 2.76. The molecule has 0 saturated carbocycles. The van der Waals surface area contributed by atoms with Gasteiger partial charge < -0.3 is 10.5 Å². The molecule has 4 heteroatoms. The van der Waals surface area contributed by atoms with Crippen molar-refractivity contribution in [3.63, 3.8) is 0 Å². The number of thiophene rings is 1. The zero-order chi connectivity index (χ0) is 13.8. The Kier molecular flexibility index (Phi) is 5.02. The van der Waals surface area contributed by atoms with Crippen molar-refractivity contribution in [2.75, 3.05) is 6.61 Å². The summed E-state index contributed by atoms with van der Waals surface area (Å²) in [6.07, 6.45) is 0.993. The lowest BCUT2D eigenvalue weighted by Gasteiger charge is -2.15. The van der Waals surface area contributed by atoms with E-state index in [4.69, 9.17) is 10.5 Å². The van der Waals surface area contributed by atoms with E-state index in [2.05, 4.69) is 35.8 Å². The summed E-state index contributed by atoms with van der Waals surface area (Å²) in [5.41, 5.74) is 8.65. The molecule has 0 aliphatic heterocycles. The molecule has 1 aromatic heterocycles. The molecule has 19 heavy (non-hydrogen) atoms. The quantitative estimate of drug-likeness (QED) is 0.859. The normalized spacial score (nSPS) is 12.4. The highest BCUT2D eigenvalue weighted by Crippen LogP contribution is 2.35. The van der Waals surface area contributed by atoms with Crippen molar-refractivity contribution >= 4 is 27.3 Å². The van der Waals surface area contributed by atoms with Crippen LogP contribution in [0.3, 0.4) is 0 Å². The van der Waals surface area contributed by atoms with Crippen molar-refractivity contribution in [2.45, 2.75) is 26.3 Å². The molecule has 1 aromatic carbocycles. The second-order valence-corrected chi connectivity index (χ2v) is 6.87. The van der Waals surface area contributed by atoms with Gasteiger partial charge in [-0.05, 0) is 47.0 Å². The molecule has 0 spiro atoms. The Bertz CT molecular complexity index is 533. The first kappa shape index (κ1) is 14.6. The number of hydrogen-bond donors (Lipinski definition) is 1. The largest absolute Gasteiger partial charge is 0.493 e. The fraction of sp³-hybridized carbons (Fsp3) is 0.333. The summed E-state index contributed by atoms with van der Waals surface area (Å²) in [5, 5.41) is 0. The smallest absolute Gasteiger partial charge is 0.124 e. The fourth-order valence-electron chi connectivity index (χ4n) is 1.87. The average molecular weight is 340 g/mol. The van der Waals surface area contributed by atoms with E-state index in [-0.39, 0.29) is 6.04 Å². The Hall–Kier alpha value is -0.840. The molecule has 102 valence electrons. The van der Waals surface area contributed by atoms with Gasteiger partial charge in [0, 0.05) is 10.4 Å². The standard InChI is InChI=1S/C15H18BrNOS/c1-3-8-18-12-7-5-4-6-11(12)14(17)13-9-10(2)15(16)19-13/h4-7,9,14H,3,8,17H2,1-2H3. The zero-order valence-electron chi connectivity index (χ0n) is 11.2. The Morgan fingerprint density at radius 2 is 2.11 bits per heavy atom. The minimum atomic E-state index is -0.136. The van der Waals surface area contributed by atoms with E-state index in [9.17, 15) is 0 Å². The van der Waals surface area contributed by atoms with E-state index < -0.39 is 0 Å². The lowest BCUT2D eigenvalue weighted by Crippen LogP contribution is -2.12. The molecule has 1 atom stereocenters. The van der Waals surface area contributed by atoms with Gasteiger partial charge in [-0.3, -0.25) is 0 Å². The van der Waals surface area contributed by atoms with Gasteiger partial charge in [-0.1, -0.05) is 25.1 Å². The van der Waals surface area contributed by atoms with Gasteiger partial charge in [0.2, 0.25) is 0 Å². The van der Waals surface area contributed by atoms with Crippen molar-refractivity contribution in [1.29, 1.82) is 0 Å². The van der Waals surface area contributed by atoms with Crippen molar-refractivity contribution in [3.8, 4) is 5.75 Å². The lowest BCUT2D eigenvalue weighted by molar-refractivity contribution is 0.313. The van der Waals surface area contributed by atoms with Crippen LogP contribution in [0.25, 0.3) is 0 Å². The summed E-state index contributed by atoms with van der Waals surface area (Å²) in [6, 6.07) is 10.0. The second kappa shape index (κ2) is 6.55. The third-order valence-corrected chi connectivity index (χ3v) is 5.12. The van der Waals surface area contributed by atoms with Crippen LogP contribution in [0, 0.1) is 6.92 Å². The summed E-state index contributed by atoms with van der Waals surface area (Å²) < 4.78 is 6.92. The van der Waals surface area contributed by atoms with Gasteiger partial charge in [-0.2, -0.15) is 0 Å². The minimum Gasteiger partial charge on any atom is -0.493 e. The highest BCUT2D eigenvalue weighted by Gasteiger charge is 2.16. The van der Waals surface area contributed by atoms with Crippen LogP contribution in [0.5, 0.6) is 5.75 Å². The first-order valence-corrected chi connectivity index (χ1v) is 7.97. The molecule has 0 aliphatic rings. The third kappa shape index (κ3) is 3.38. The van der Waals surface area contributed by atoms with Gasteiger partial charge in [0.25, 0.3) is 0 Å². The zero-order valence-corrected chi connectivity index (χ0v) is 13.6. The van der Waals surface area contributed by atoms with Crippen molar-refractivity contribution in [2.24, 2.45) is 5.73 Å². The van der Waals surface area contributed by atoms with Crippen LogP contribution in [-0.2, 0) is 0 Å². The number of halogens is 1. The number of rotatable bonds is 5. The van der Waals surface area contributed by atoms with Gasteiger partial charge in [-0.15, -0.1) is 11.3 Å². The molecule has 2 aromatic rings.